The summed E-state index contributed by atoms with van der Waals surface area (Å²) in [6, 6.07) is 15.6. The van der Waals surface area contributed by atoms with E-state index >= 15 is 0 Å². The SMILES string of the molecule is Cc1cc(-c2noc(-c3cc(-c4ccccc4)n(C)n3)n2)cc(C)c1O. The molecule has 0 amide bonds. The molecule has 0 saturated heterocycles. The van der Waals surface area contributed by atoms with Crippen LogP contribution in [0.3, 0.4) is 0 Å². The van der Waals surface area contributed by atoms with Crippen molar-refractivity contribution in [3.05, 3.63) is 59.7 Å². The summed E-state index contributed by atoms with van der Waals surface area (Å²) < 4.78 is 7.21. The van der Waals surface area contributed by atoms with Gasteiger partial charge < -0.3 is 9.63 Å². The number of rotatable bonds is 3. The van der Waals surface area contributed by atoms with Crippen molar-refractivity contribution in [1.29, 1.82) is 0 Å². The maximum absolute atomic E-state index is 9.93. The molecule has 0 saturated carbocycles. The van der Waals surface area contributed by atoms with Gasteiger partial charge in [-0.2, -0.15) is 10.1 Å². The molecule has 130 valence electrons. The molecule has 0 aliphatic carbocycles. The molecule has 0 spiro atoms. The Morgan fingerprint density at radius 3 is 2.35 bits per heavy atom. The van der Waals surface area contributed by atoms with Crippen molar-refractivity contribution in [3.63, 3.8) is 0 Å². The first-order valence-electron chi connectivity index (χ1n) is 8.27. The second-order valence-corrected chi connectivity index (χ2v) is 6.29. The summed E-state index contributed by atoms with van der Waals surface area (Å²) in [6.07, 6.45) is 0. The van der Waals surface area contributed by atoms with Gasteiger partial charge in [-0.3, -0.25) is 4.68 Å². The molecule has 6 nitrogen and oxygen atoms in total. The van der Waals surface area contributed by atoms with Gasteiger partial charge in [0.1, 0.15) is 5.75 Å². The number of aromatic nitrogens is 4. The zero-order chi connectivity index (χ0) is 18.3. The van der Waals surface area contributed by atoms with Crippen LogP contribution in [0, 0.1) is 13.8 Å². The lowest BCUT2D eigenvalue weighted by Crippen LogP contribution is -1.93. The molecule has 0 unspecified atom stereocenters. The van der Waals surface area contributed by atoms with Gasteiger partial charge in [-0.15, -0.1) is 0 Å². The van der Waals surface area contributed by atoms with Gasteiger partial charge >= 0.3 is 0 Å². The molecule has 4 aromatic rings. The van der Waals surface area contributed by atoms with Gasteiger partial charge in [-0.1, -0.05) is 35.5 Å². The second-order valence-electron chi connectivity index (χ2n) is 6.29. The average Bonchev–Trinajstić information content (AvgIpc) is 3.27. The van der Waals surface area contributed by atoms with Crippen LogP contribution in [0.15, 0.2) is 53.1 Å². The van der Waals surface area contributed by atoms with E-state index in [2.05, 4.69) is 15.2 Å². The maximum Gasteiger partial charge on any atom is 0.278 e. The molecule has 4 rings (SSSR count). The van der Waals surface area contributed by atoms with Crippen molar-refractivity contribution < 1.29 is 9.63 Å². The number of aromatic hydroxyl groups is 1. The molecular formula is C20H18N4O2. The topological polar surface area (TPSA) is 77.0 Å². The average molecular weight is 346 g/mol. The summed E-state index contributed by atoms with van der Waals surface area (Å²) in [5, 5.41) is 18.5. The number of aryl methyl sites for hydroxylation is 3. The predicted octanol–water partition coefficient (Wildman–Crippen LogP) is 4.13. The lowest BCUT2D eigenvalue weighted by atomic mass is 10.1. The normalized spacial score (nSPS) is 11.0. The number of hydrogen-bond donors (Lipinski definition) is 1. The Labute approximate surface area is 150 Å². The minimum atomic E-state index is 0.287. The summed E-state index contributed by atoms with van der Waals surface area (Å²) in [6.45, 7) is 3.69. The van der Waals surface area contributed by atoms with Crippen molar-refractivity contribution in [2.75, 3.05) is 0 Å². The van der Waals surface area contributed by atoms with Gasteiger partial charge in [0.2, 0.25) is 5.82 Å². The van der Waals surface area contributed by atoms with Crippen molar-refractivity contribution >= 4 is 0 Å². The van der Waals surface area contributed by atoms with Crippen molar-refractivity contribution in [3.8, 4) is 40.0 Å². The van der Waals surface area contributed by atoms with Crippen LogP contribution < -0.4 is 0 Å². The van der Waals surface area contributed by atoms with E-state index in [1.165, 1.54) is 0 Å². The zero-order valence-electron chi connectivity index (χ0n) is 14.8. The lowest BCUT2D eigenvalue weighted by Gasteiger charge is -2.04. The van der Waals surface area contributed by atoms with Crippen molar-refractivity contribution in [1.82, 2.24) is 19.9 Å². The number of phenolic OH excluding ortho intramolecular Hbond substituents is 1. The van der Waals surface area contributed by atoms with Crippen molar-refractivity contribution in [2.45, 2.75) is 13.8 Å². The Bertz CT molecular complexity index is 1060. The number of nitrogens with zero attached hydrogens (tertiary/aromatic N) is 4. The number of benzene rings is 2. The van der Waals surface area contributed by atoms with Crippen LogP contribution in [0.5, 0.6) is 5.75 Å². The van der Waals surface area contributed by atoms with E-state index in [9.17, 15) is 5.11 Å². The van der Waals surface area contributed by atoms with E-state index in [0.29, 0.717) is 17.4 Å². The summed E-state index contributed by atoms with van der Waals surface area (Å²) in [7, 11) is 1.88. The van der Waals surface area contributed by atoms with E-state index in [-0.39, 0.29) is 5.75 Å². The smallest absolute Gasteiger partial charge is 0.278 e. The van der Waals surface area contributed by atoms with E-state index in [0.717, 1.165) is 27.9 Å². The molecule has 26 heavy (non-hydrogen) atoms. The molecule has 2 heterocycles. The highest BCUT2D eigenvalue weighted by Gasteiger charge is 2.17. The molecule has 2 aromatic carbocycles. The van der Waals surface area contributed by atoms with Gasteiger partial charge in [0.25, 0.3) is 5.89 Å². The predicted molar refractivity (Wildman–Crippen MR) is 98.5 cm³/mol. The van der Waals surface area contributed by atoms with E-state index in [1.807, 2.05) is 69.4 Å². The van der Waals surface area contributed by atoms with Crippen LogP contribution in [0.2, 0.25) is 0 Å². The van der Waals surface area contributed by atoms with Crippen LogP contribution in [0.4, 0.5) is 0 Å². The van der Waals surface area contributed by atoms with Crippen LogP contribution in [0.25, 0.3) is 34.2 Å². The quantitative estimate of drug-likeness (QED) is 0.603. The summed E-state index contributed by atoms with van der Waals surface area (Å²) in [5.74, 6) is 1.12. The zero-order valence-corrected chi connectivity index (χ0v) is 14.8. The molecule has 6 heteroatoms. The van der Waals surface area contributed by atoms with Gasteiger partial charge in [0.15, 0.2) is 5.69 Å². The van der Waals surface area contributed by atoms with Crippen LogP contribution in [-0.4, -0.2) is 25.0 Å². The highest BCUT2D eigenvalue weighted by Crippen LogP contribution is 2.30. The molecule has 0 aliphatic heterocycles. The largest absolute Gasteiger partial charge is 0.507 e. The Morgan fingerprint density at radius 2 is 1.65 bits per heavy atom. The molecule has 0 aliphatic rings. The first kappa shape index (κ1) is 16.1. The third-order valence-corrected chi connectivity index (χ3v) is 4.34. The Balaban J connectivity index is 1.71. The Morgan fingerprint density at radius 1 is 0.962 bits per heavy atom. The standard InChI is InChI=1S/C20H18N4O2/c1-12-9-15(10-13(2)18(12)25)19-21-20(26-23-19)16-11-17(24(3)22-16)14-7-5-4-6-8-14/h4-11,25H,1-3H3. The molecule has 2 aromatic heterocycles. The number of hydrogen-bond acceptors (Lipinski definition) is 5. The second kappa shape index (κ2) is 6.15. The van der Waals surface area contributed by atoms with Crippen LogP contribution in [0.1, 0.15) is 11.1 Å². The highest BCUT2D eigenvalue weighted by atomic mass is 16.5. The van der Waals surface area contributed by atoms with E-state index in [1.54, 1.807) is 4.68 Å². The molecule has 0 bridgehead atoms. The van der Waals surface area contributed by atoms with Crippen LogP contribution in [-0.2, 0) is 7.05 Å². The van der Waals surface area contributed by atoms with E-state index in [4.69, 9.17) is 4.52 Å². The minimum Gasteiger partial charge on any atom is -0.507 e. The first-order chi connectivity index (χ1) is 12.5. The lowest BCUT2D eigenvalue weighted by molar-refractivity contribution is 0.430. The third-order valence-electron chi connectivity index (χ3n) is 4.34. The molecule has 1 N–H and O–H groups in total. The summed E-state index contributed by atoms with van der Waals surface area (Å²) in [4.78, 5) is 4.48. The summed E-state index contributed by atoms with van der Waals surface area (Å²) >= 11 is 0. The maximum atomic E-state index is 9.93. The summed E-state index contributed by atoms with van der Waals surface area (Å²) in [5.41, 5.74) is 5.00. The van der Waals surface area contributed by atoms with Crippen LogP contribution >= 0.6 is 0 Å². The highest BCUT2D eigenvalue weighted by molar-refractivity contribution is 5.66. The Hall–Kier alpha value is -3.41. The molecular weight excluding hydrogens is 328 g/mol. The molecule has 0 fully saturated rings. The van der Waals surface area contributed by atoms with Gasteiger partial charge in [0.05, 0.1) is 5.69 Å². The van der Waals surface area contributed by atoms with E-state index < -0.39 is 0 Å². The van der Waals surface area contributed by atoms with Gasteiger partial charge in [-0.25, -0.2) is 0 Å². The fourth-order valence-corrected chi connectivity index (χ4v) is 2.98. The Kier molecular flexibility index (Phi) is 3.80. The van der Waals surface area contributed by atoms with Gasteiger partial charge in [-0.05, 0) is 48.7 Å². The monoisotopic (exact) mass is 346 g/mol. The van der Waals surface area contributed by atoms with Gasteiger partial charge in [0, 0.05) is 12.6 Å². The first-order valence-corrected chi connectivity index (χ1v) is 8.27. The fourth-order valence-electron chi connectivity index (χ4n) is 2.98. The molecule has 0 radical (unpaired) electrons. The minimum absolute atomic E-state index is 0.287. The third kappa shape index (κ3) is 2.75. The number of phenols is 1. The fraction of sp³-hybridized carbons (Fsp3) is 0.150. The van der Waals surface area contributed by atoms with Crippen molar-refractivity contribution in [2.24, 2.45) is 7.05 Å². The molecule has 0 atom stereocenters.